The minimum absolute atomic E-state index is 0.166. The number of thioether (sulfide) groups is 2. The smallest absolute Gasteiger partial charge is 0.352 e. The van der Waals surface area contributed by atoms with E-state index in [2.05, 4.69) is 15.5 Å². The van der Waals surface area contributed by atoms with E-state index in [4.69, 9.17) is 10.00 Å². The topological polar surface area (TPSA) is 163 Å². The number of β-lactam (4-membered cyclic amide) rings is 1. The standard InChI is InChI=1S/C16H17N5O6S4/c1-7-19-20-15(30-7)29-6-8-5-28-14-16(27-2,13(25)21(14)10(8)12(23)24)18-11(22)9(4-17)31(3)26/h9,14H,5-6H2,1-3H3,(H,18,22)(H,23,24)/t9?,14-,16-,31?/m0/s1. The number of aryl methyl sites for hydroxylation is 1. The summed E-state index contributed by atoms with van der Waals surface area (Å²) in [6, 6.07) is 1.64. The minimum Gasteiger partial charge on any atom is -0.477 e. The van der Waals surface area contributed by atoms with Gasteiger partial charge in [-0.2, -0.15) is 5.26 Å². The van der Waals surface area contributed by atoms with Gasteiger partial charge in [-0.25, -0.2) is 4.79 Å². The first kappa shape index (κ1) is 23.7. The van der Waals surface area contributed by atoms with Gasteiger partial charge < -0.3 is 15.2 Å². The molecule has 0 bridgehead atoms. The summed E-state index contributed by atoms with van der Waals surface area (Å²) in [7, 11) is -0.583. The molecule has 4 atom stereocenters. The number of carbonyl (C=O) groups excluding carboxylic acids is 2. The first-order valence-electron chi connectivity index (χ1n) is 8.58. The number of methoxy groups -OCH3 is 1. The van der Waals surface area contributed by atoms with Gasteiger partial charge in [0.15, 0.2) is 9.59 Å². The molecule has 11 nitrogen and oxygen atoms in total. The van der Waals surface area contributed by atoms with Crippen molar-refractivity contribution in [3.63, 3.8) is 0 Å². The number of carboxylic acid groups (broad SMARTS) is 1. The second-order valence-electron chi connectivity index (χ2n) is 6.41. The van der Waals surface area contributed by atoms with E-state index in [-0.39, 0.29) is 11.4 Å². The van der Waals surface area contributed by atoms with Gasteiger partial charge >= 0.3 is 5.97 Å². The Balaban J connectivity index is 1.84. The van der Waals surface area contributed by atoms with Gasteiger partial charge in [-0.3, -0.25) is 18.7 Å². The van der Waals surface area contributed by atoms with Crippen LogP contribution in [0.2, 0.25) is 0 Å². The van der Waals surface area contributed by atoms with Gasteiger partial charge in [-0.05, 0) is 12.5 Å². The molecule has 1 saturated heterocycles. The largest absolute Gasteiger partial charge is 0.477 e. The second-order valence-corrected chi connectivity index (χ2v) is 11.3. The molecular weight excluding hydrogens is 486 g/mol. The Bertz CT molecular complexity index is 1040. The third-order valence-electron chi connectivity index (χ3n) is 4.51. The number of fused-ring (bicyclic) bond motifs is 1. The SMILES string of the molecule is CO[C@@]1(NC(=O)C(C#N)S(C)=O)C(=O)N2C(C(=O)O)=C(CSc3nnc(C)s3)CS[C@H]21. The summed E-state index contributed by atoms with van der Waals surface area (Å²) in [4.78, 5) is 38.5. The first-order chi connectivity index (χ1) is 14.7. The Labute approximate surface area is 192 Å². The lowest BCUT2D eigenvalue weighted by Crippen LogP contribution is -2.81. The number of nitrogens with zero attached hydrogens (tertiary/aromatic N) is 4. The number of hydrogen-bond acceptors (Lipinski definition) is 11. The van der Waals surface area contributed by atoms with Crippen LogP contribution in [0.3, 0.4) is 0 Å². The zero-order valence-electron chi connectivity index (χ0n) is 16.5. The Hall–Kier alpha value is -1.99. The Kier molecular flexibility index (Phi) is 7.06. The molecule has 3 heterocycles. The number of amides is 2. The Morgan fingerprint density at radius 3 is 2.77 bits per heavy atom. The average Bonchev–Trinajstić information content (AvgIpc) is 3.14. The molecule has 1 aromatic rings. The van der Waals surface area contributed by atoms with Crippen molar-refractivity contribution in [2.45, 2.75) is 27.6 Å². The van der Waals surface area contributed by atoms with Crippen LogP contribution in [0.5, 0.6) is 0 Å². The lowest BCUT2D eigenvalue weighted by Gasteiger charge is -2.55. The van der Waals surface area contributed by atoms with Crippen molar-refractivity contribution in [1.82, 2.24) is 20.4 Å². The molecule has 2 aliphatic rings. The number of nitriles is 1. The predicted octanol–water partition coefficient (Wildman–Crippen LogP) is -0.0780. The summed E-state index contributed by atoms with van der Waals surface area (Å²) >= 11 is 3.94. The van der Waals surface area contributed by atoms with Gasteiger partial charge in [-0.1, -0.05) is 23.1 Å². The van der Waals surface area contributed by atoms with Crippen LogP contribution in [-0.2, 0) is 29.9 Å². The number of rotatable bonds is 8. The molecular formula is C16H17N5O6S4. The van der Waals surface area contributed by atoms with Crippen molar-refractivity contribution in [2.75, 3.05) is 24.9 Å². The average molecular weight is 504 g/mol. The van der Waals surface area contributed by atoms with Crippen molar-refractivity contribution in [3.05, 3.63) is 16.3 Å². The van der Waals surface area contributed by atoms with Crippen molar-refractivity contribution in [2.24, 2.45) is 0 Å². The molecule has 2 amide bonds. The number of aliphatic carboxylic acids is 1. The predicted molar refractivity (Wildman–Crippen MR) is 114 cm³/mol. The lowest BCUT2D eigenvalue weighted by molar-refractivity contribution is -0.192. The van der Waals surface area contributed by atoms with Gasteiger partial charge in [-0.15, -0.1) is 22.0 Å². The van der Waals surface area contributed by atoms with Crippen LogP contribution in [0, 0.1) is 18.3 Å². The maximum absolute atomic E-state index is 13.0. The van der Waals surface area contributed by atoms with Crippen molar-refractivity contribution < 1.29 is 28.4 Å². The fourth-order valence-corrected chi connectivity index (χ4v) is 6.97. The quantitative estimate of drug-likeness (QED) is 0.277. The van der Waals surface area contributed by atoms with Gasteiger partial charge in [0.1, 0.15) is 16.1 Å². The number of aromatic nitrogens is 2. The number of carboxylic acids is 1. The number of hydrogen-bond donors (Lipinski definition) is 2. The number of carbonyl (C=O) groups is 3. The van der Waals surface area contributed by atoms with Crippen molar-refractivity contribution in [1.29, 1.82) is 5.26 Å². The van der Waals surface area contributed by atoms with Crippen molar-refractivity contribution >= 4 is 63.4 Å². The minimum atomic E-state index is -1.84. The van der Waals surface area contributed by atoms with E-state index in [0.29, 0.717) is 15.7 Å². The van der Waals surface area contributed by atoms with Gasteiger partial charge in [0.05, 0.1) is 6.07 Å². The third-order valence-corrected chi connectivity index (χ3v) is 8.92. The van der Waals surface area contributed by atoms with E-state index in [9.17, 15) is 23.7 Å². The van der Waals surface area contributed by atoms with Crippen LogP contribution in [-0.4, -0.2) is 83.4 Å². The molecule has 0 spiro atoms. The molecule has 31 heavy (non-hydrogen) atoms. The van der Waals surface area contributed by atoms with Crippen molar-refractivity contribution in [3.8, 4) is 6.07 Å². The van der Waals surface area contributed by atoms with Crippen LogP contribution < -0.4 is 5.32 Å². The maximum atomic E-state index is 13.0. The zero-order chi connectivity index (χ0) is 22.9. The number of ether oxygens (including phenoxy) is 1. The van der Waals surface area contributed by atoms with E-state index >= 15 is 0 Å². The molecule has 3 rings (SSSR count). The second kappa shape index (κ2) is 9.25. The fraction of sp³-hybridized carbons (Fsp3) is 0.500. The molecule has 15 heteroatoms. The highest BCUT2D eigenvalue weighted by Gasteiger charge is 2.67. The van der Waals surface area contributed by atoms with Crippen LogP contribution in [0.15, 0.2) is 15.6 Å². The molecule has 166 valence electrons. The Morgan fingerprint density at radius 2 is 2.26 bits per heavy atom. The van der Waals surface area contributed by atoms with Gasteiger partial charge in [0.25, 0.3) is 17.5 Å². The van der Waals surface area contributed by atoms with E-state index in [0.717, 1.165) is 9.91 Å². The molecule has 0 aromatic carbocycles. The highest BCUT2D eigenvalue weighted by atomic mass is 32.2. The highest BCUT2D eigenvalue weighted by molar-refractivity contribution is 8.01. The van der Waals surface area contributed by atoms with Crippen LogP contribution in [0.4, 0.5) is 0 Å². The first-order valence-corrected chi connectivity index (χ1v) is 13.1. The van der Waals surface area contributed by atoms with E-state index in [1.807, 2.05) is 6.92 Å². The number of nitrogens with one attached hydrogen (secondary N) is 1. The van der Waals surface area contributed by atoms with E-state index in [1.54, 1.807) is 6.07 Å². The van der Waals surface area contributed by atoms with E-state index < -0.39 is 44.9 Å². The summed E-state index contributed by atoms with van der Waals surface area (Å²) in [5.74, 6) is -2.39. The summed E-state index contributed by atoms with van der Waals surface area (Å²) in [6.07, 6.45) is 1.20. The summed E-state index contributed by atoms with van der Waals surface area (Å²) in [5.41, 5.74) is -1.48. The molecule has 2 N–H and O–H groups in total. The molecule has 2 aliphatic heterocycles. The fourth-order valence-electron chi connectivity index (χ4n) is 3.07. The monoisotopic (exact) mass is 503 g/mol. The van der Waals surface area contributed by atoms with E-state index in [1.165, 1.54) is 48.2 Å². The summed E-state index contributed by atoms with van der Waals surface area (Å²) in [6.45, 7) is 1.81. The summed E-state index contributed by atoms with van der Waals surface area (Å²) in [5, 5.41) is 27.6. The lowest BCUT2D eigenvalue weighted by atomic mass is 9.98. The molecule has 0 saturated carbocycles. The Morgan fingerprint density at radius 1 is 1.55 bits per heavy atom. The van der Waals surface area contributed by atoms with Gasteiger partial charge in [0.2, 0.25) is 0 Å². The normalized spacial score (nSPS) is 24.6. The van der Waals surface area contributed by atoms with Crippen LogP contribution in [0.1, 0.15) is 5.01 Å². The zero-order valence-corrected chi connectivity index (χ0v) is 19.7. The van der Waals surface area contributed by atoms with Gasteiger partial charge in [0, 0.05) is 35.7 Å². The third kappa shape index (κ3) is 4.22. The molecule has 0 radical (unpaired) electrons. The molecule has 2 unspecified atom stereocenters. The molecule has 1 fully saturated rings. The summed E-state index contributed by atoms with van der Waals surface area (Å²) < 4.78 is 17.6. The maximum Gasteiger partial charge on any atom is 0.352 e. The van der Waals surface area contributed by atoms with Crippen LogP contribution in [0.25, 0.3) is 0 Å². The highest BCUT2D eigenvalue weighted by Crippen LogP contribution is 2.47. The molecule has 0 aliphatic carbocycles. The van der Waals surface area contributed by atoms with Crippen LogP contribution >= 0.6 is 34.9 Å². The molecule has 1 aromatic heterocycles.